The van der Waals surface area contributed by atoms with Crippen molar-refractivity contribution in [3.8, 4) is 0 Å². The molecule has 2 aliphatic heterocycles. The zero-order valence-electron chi connectivity index (χ0n) is 18.2. The Balaban J connectivity index is 1.31. The molecule has 4 unspecified atom stereocenters. The lowest BCUT2D eigenvalue weighted by Crippen LogP contribution is -2.36. The van der Waals surface area contributed by atoms with Crippen LogP contribution in [0.1, 0.15) is 64.3 Å². The Morgan fingerprint density at radius 1 is 1.27 bits per heavy atom. The molecule has 5 N–H and O–H groups in total. The van der Waals surface area contributed by atoms with Gasteiger partial charge in [-0.2, -0.15) is 23.5 Å². The summed E-state index contributed by atoms with van der Waals surface area (Å²) >= 11 is 3.39. The summed E-state index contributed by atoms with van der Waals surface area (Å²) in [5, 5.41) is 27.4. The number of carbonyl (C=O) groups excluding carboxylic acids is 2. The minimum absolute atomic E-state index is 0.00307. The predicted octanol–water partition coefficient (Wildman–Crippen LogP) is 2.11. The van der Waals surface area contributed by atoms with Crippen molar-refractivity contribution in [3.63, 3.8) is 0 Å². The third kappa shape index (κ3) is 6.76. The molecule has 4 atom stereocenters. The number of nitrogens with zero attached hydrogens (tertiary/aromatic N) is 1. The fourth-order valence-corrected chi connectivity index (χ4v) is 6.36. The van der Waals surface area contributed by atoms with E-state index in [0.717, 1.165) is 25.0 Å². The van der Waals surface area contributed by atoms with Gasteiger partial charge in [-0.3, -0.25) is 4.79 Å². The normalized spacial score (nSPS) is 22.2. The first kappa shape index (κ1) is 25.2. The molecule has 0 radical (unpaired) electrons. The van der Waals surface area contributed by atoms with E-state index in [1.165, 1.54) is 24.0 Å². The van der Waals surface area contributed by atoms with Crippen molar-refractivity contribution >= 4 is 47.4 Å². The number of hydrogen-bond donors (Lipinski definition) is 5. The van der Waals surface area contributed by atoms with E-state index in [1.54, 1.807) is 0 Å². The van der Waals surface area contributed by atoms with Crippen LogP contribution >= 0.6 is 23.5 Å². The van der Waals surface area contributed by atoms with E-state index >= 15 is 0 Å². The average Bonchev–Trinajstić information content (AvgIpc) is 3.32. The molecule has 3 amide bonds. The number of aromatic nitrogens is 1. The second-order valence-electron chi connectivity index (χ2n) is 8.01. The summed E-state index contributed by atoms with van der Waals surface area (Å²) in [6.45, 7) is 2.36. The first-order valence-electron chi connectivity index (χ1n) is 10.8. The van der Waals surface area contributed by atoms with Crippen molar-refractivity contribution in [2.45, 2.75) is 55.2 Å². The van der Waals surface area contributed by atoms with Gasteiger partial charge >= 0.3 is 18.0 Å². The van der Waals surface area contributed by atoms with Gasteiger partial charge in [-0.15, -0.1) is 0 Å². The van der Waals surface area contributed by atoms with Crippen LogP contribution in [-0.4, -0.2) is 74.5 Å². The van der Waals surface area contributed by atoms with E-state index in [-0.39, 0.29) is 34.8 Å². The highest BCUT2D eigenvalue weighted by Gasteiger charge is 2.42. The smallest absolute Gasteiger partial charge is 0.355 e. The number of thioether (sulfide) groups is 2. The fraction of sp³-hybridized carbons (Fsp3) is 0.571. The first-order valence-corrected chi connectivity index (χ1v) is 12.9. The number of unbranched alkanes of at least 4 members (excludes halogenated alkanes) is 1. The number of carboxylic acids is 2. The van der Waals surface area contributed by atoms with Gasteiger partial charge in [0.15, 0.2) is 5.69 Å². The monoisotopic (exact) mass is 496 g/mol. The predicted molar refractivity (Wildman–Crippen MR) is 126 cm³/mol. The molecule has 0 saturated carbocycles. The molecule has 3 heterocycles. The Hall–Kier alpha value is -2.47. The summed E-state index contributed by atoms with van der Waals surface area (Å²) in [7, 11) is 0. The van der Waals surface area contributed by atoms with E-state index < -0.39 is 17.6 Å². The molecule has 2 saturated heterocycles. The van der Waals surface area contributed by atoms with Crippen LogP contribution in [0.5, 0.6) is 0 Å². The van der Waals surface area contributed by atoms with Gasteiger partial charge in [0.05, 0.1) is 17.6 Å². The Bertz CT molecular complexity index is 915. The van der Waals surface area contributed by atoms with Crippen LogP contribution in [0.15, 0.2) is 12.3 Å². The lowest BCUT2D eigenvalue weighted by molar-refractivity contribution is -0.121. The number of pyridine rings is 1. The van der Waals surface area contributed by atoms with E-state index in [2.05, 4.69) is 20.9 Å². The minimum Gasteiger partial charge on any atom is -0.478 e. The van der Waals surface area contributed by atoms with Gasteiger partial charge in [-0.25, -0.2) is 19.4 Å². The highest BCUT2D eigenvalue weighted by atomic mass is 32.2. The Kier molecular flexibility index (Phi) is 8.84. The van der Waals surface area contributed by atoms with Crippen LogP contribution in [0.3, 0.4) is 0 Å². The van der Waals surface area contributed by atoms with Crippen molar-refractivity contribution in [2.24, 2.45) is 0 Å². The summed E-state index contributed by atoms with van der Waals surface area (Å²) in [6.07, 6.45) is 4.54. The lowest BCUT2D eigenvalue weighted by Gasteiger charge is -2.16. The molecule has 2 fully saturated rings. The Morgan fingerprint density at radius 3 is 2.79 bits per heavy atom. The molecule has 0 spiro atoms. The molecule has 10 nitrogen and oxygen atoms in total. The summed E-state index contributed by atoms with van der Waals surface area (Å²) < 4.78 is 0. The largest absolute Gasteiger partial charge is 0.478 e. The van der Waals surface area contributed by atoms with Crippen molar-refractivity contribution in [1.29, 1.82) is 0 Å². The molecule has 0 aromatic carbocycles. The number of nitrogens with one attached hydrogen (secondary N) is 3. The number of amides is 3. The van der Waals surface area contributed by atoms with E-state index in [1.807, 2.05) is 18.7 Å². The van der Waals surface area contributed by atoms with Gasteiger partial charge in [0.1, 0.15) is 0 Å². The second-order valence-corrected chi connectivity index (χ2v) is 10.7. The quantitative estimate of drug-likeness (QED) is 0.216. The van der Waals surface area contributed by atoms with Crippen LogP contribution in [0, 0.1) is 0 Å². The number of fused-ring (bicyclic) bond motifs is 1. The molecule has 3 rings (SSSR count). The maximum atomic E-state index is 12.1. The van der Waals surface area contributed by atoms with E-state index in [4.69, 9.17) is 5.11 Å². The number of carbonyl (C=O) groups is 4. The molecule has 0 bridgehead atoms. The van der Waals surface area contributed by atoms with Crippen molar-refractivity contribution in [1.82, 2.24) is 20.9 Å². The summed E-state index contributed by atoms with van der Waals surface area (Å²) in [6, 6.07) is 1.67. The molecule has 180 valence electrons. The zero-order valence-corrected chi connectivity index (χ0v) is 19.8. The molecule has 1 aromatic heterocycles. The summed E-state index contributed by atoms with van der Waals surface area (Å²) in [5.74, 6) is -1.15. The van der Waals surface area contributed by atoms with Crippen molar-refractivity contribution in [3.05, 3.63) is 29.1 Å². The number of aromatic carboxylic acids is 2. The molecule has 2 aliphatic rings. The number of hydrogen-bond acceptors (Lipinski definition) is 7. The van der Waals surface area contributed by atoms with Crippen molar-refractivity contribution < 1.29 is 29.4 Å². The third-order valence-electron chi connectivity index (χ3n) is 5.68. The van der Waals surface area contributed by atoms with Crippen LogP contribution in [0.4, 0.5) is 4.79 Å². The van der Waals surface area contributed by atoms with Crippen LogP contribution in [0.25, 0.3) is 0 Å². The molecule has 33 heavy (non-hydrogen) atoms. The van der Waals surface area contributed by atoms with Gasteiger partial charge in [-0.05, 0) is 31.4 Å². The number of urea groups is 1. The summed E-state index contributed by atoms with van der Waals surface area (Å²) in [5.41, 5.74) is -0.194. The van der Waals surface area contributed by atoms with Gasteiger partial charge in [-0.1, -0.05) is 6.42 Å². The standard InChI is InChI=1S/C21H28N4O6S2/c1-11(12-8-13(19(27)28)17(20(29)30)23-9-12)32-7-6-22-16(26)5-3-2-4-15-18-14(10-33-15)24-21(31)25-18/h8-9,11,14-15,18H,2-7,10H2,1H3,(H,22,26)(H,27,28)(H,29,30)(H2,24,25,31). The van der Waals surface area contributed by atoms with Crippen molar-refractivity contribution in [2.75, 3.05) is 18.1 Å². The van der Waals surface area contributed by atoms with Crippen LogP contribution < -0.4 is 16.0 Å². The third-order valence-corrected chi connectivity index (χ3v) is 8.40. The van der Waals surface area contributed by atoms with Crippen LogP contribution in [-0.2, 0) is 4.79 Å². The van der Waals surface area contributed by atoms with Gasteiger partial charge in [0.2, 0.25) is 5.91 Å². The SMILES string of the molecule is CC(SCCNC(=O)CCCCC1SCC2NC(=O)NC21)c1cnc(C(=O)O)c(C(=O)O)c1. The fourth-order valence-electron chi connectivity index (χ4n) is 3.92. The maximum Gasteiger partial charge on any atom is 0.355 e. The molecular weight excluding hydrogens is 468 g/mol. The second kappa shape index (κ2) is 11.6. The number of rotatable bonds is 12. The Morgan fingerprint density at radius 2 is 2.06 bits per heavy atom. The van der Waals surface area contributed by atoms with E-state index in [9.17, 15) is 24.3 Å². The highest BCUT2D eigenvalue weighted by molar-refractivity contribution is 8.00. The topological polar surface area (TPSA) is 158 Å². The zero-order chi connectivity index (χ0) is 24.0. The molecule has 1 aromatic rings. The molecular formula is C21H28N4O6S2. The first-order chi connectivity index (χ1) is 15.8. The minimum atomic E-state index is -1.38. The average molecular weight is 497 g/mol. The van der Waals surface area contributed by atoms with Crippen LogP contribution in [0.2, 0.25) is 0 Å². The maximum absolute atomic E-state index is 12.1. The van der Waals surface area contributed by atoms with Gasteiger partial charge in [0.25, 0.3) is 0 Å². The Labute approximate surface area is 200 Å². The molecule has 12 heteroatoms. The lowest BCUT2D eigenvalue weighted by atomic mass is 10.0. The summed E-state index contributed by atoms with van der Waals surface area (Å²) in [4.78, 5) is 49.7. The van der Waals surface area contributed by atoms with E-state index in [0.29, 0.717) is 29.5 Å². The van der Waals surface area contributed by atoms with Gasteiger partial charge in [0, 0.05) is 41.2 Å². The molecule has 0 aliphatic carbocycles. The highest BCUT2D eigenvalue weighted by Crippen LogP contribution is 2.33. The van der Waals surface area contributed by atoms with Gasteiger partial charge < -0.3 is 26.2 Å². The number of carboxylic acid groups (broad SMARTS) is 2.